The molecular weight excluding hydrogens is 270 g/mol. The highest BCUT2D eigenvalue weighted by Crippen LogP contribution is 2.17. The van der Waals surface area contributed by atoms with Gasteiger partial charge in [-0.2, -0.15) is 0 Å². The Bertz CT molecular complexity index is 674. The number of H-pyrrole nitrogens is 1. The summed E-state index contributed by atoms with van der Waals surface area (Å²) in [6, 6.07) is 2.49. The number of aryl methyl sites for hydroxylation is 1. The van der Waals surface area contributed by atoms with Crippen LogP contribution in [0, 0.1) is 11.7 Å². The number of rotatable bonds is 2. The molecule has 0 aromatic carbocycles. The fourth-order valence-corrected chi connectivity index (χ4v) is 3.12. The molecule has 3 rings (SSSR count). The maximum absolute atomic E-state index is 5.48. The number of likely N-dealkylation sites (N-methyl/N-ethyl adjacent to an activating group) is 2. The lowest BCUT2D eigenvalue weighted by atomic mass is 10.2. The van der Waals surface area contributed by atoms with Crippen LogP contribution in [0.1, 0.15) is 5.56 Å². The minimum absolute atomic E-state index is 0.474. The number of hydrogen-bond donors (Lipinski definition) is 1. The fourth-order valence-electron chi connectivity index (χ4n) is 2.85. The van der Waals surface area contributed by atoms with Crippen molar-refractivity contribution in [3.8, 4) is 0 Å². The van der Waals surface area contributed by atoms with E-state index in [0.29, 0.717) is 6.04 Å². The molecule has 1 atom stereocenters. The van der Waals surface area contributed by atoms with E-state index in [-0.39, 0.29) is 0 Å². The third kappa shape index (κ3) is 2.39. The van der Waals surface area contributed by atoms with Gasteiger partial charge >= 0.3 is 0 Å². The minimum Gasteiger partial charge on any atom is -0.329 e. The third-order valence-electron chi connectivity index (χ3n) is 4.25. The first-order valence-electron chi connectivity index (χ1n) is 6.99. The van der Waals surface area contributed by atoms with Crippen LogP contribution >= 0.6 is 12.2 Å². The van der Waals surface area contributed by atoms with Gasteiger partial charge in [0.15, 0.2) is 10.4 Å². The van der Waals surface area contributed by atoms with Gasteiger partial charge in [-0.15, -0.1) is 0 Å². The Morgan fingerprint density at radius 3 is 3.00 bits per heavy atom. The molecule has 0 saturated carbocycles. The summed E-state index contributed by atoms with van der Waals surface area (Å²) >= 11 is 5.48. The van der Waals surface area contributed by atoms with Crippen molar-refractivity contribution in [2.24, 2.45) is 0 Å². The number of aromatic nitrogens is 3. The summed E-state index contributed by atoms with van der Waals surface area (Å²) in [6.07, 6.45) is 1.85. The number of hydrogen-bond acceptors (Lipinski definition) is 4. The van der Waals surface area contributed by atoms with Crippen LogP contribution in [0.15, 0.2) is 12.3 Å². The molecule has 0 spiro atoms. The topological polar surface area (TPSA) is 40.1 Å². The van der Waals surface area contributed by atoms with E-state index in [9.17, 15) is 0 Å². The zero-order chi connectivity index (χ0) is 14.3. The van der Waals surface area contributed by atoms with E-state index in [4.69, 9.17) is 12.2 Å². The Balaban J connectivity index is 1.96. The molecule has 1 aliphatic rings. The van der Waals surface area contributed by atoms with Crippen molar-refractivity contribution in [1.29, 1.82) is 0 Å². The molecule has 0 radical (unpaired) electrons. The maximum atomic E-state index is 5.48. The van der Waals surface area contributed by atoms with Gasteiger partial charge in [-0.1, -0.05) is 0 Å². The van der Waals surface area contributed by atoms with Crippen molar-refractivity contribution >= 4 is 23.4 Å². The molecule has 1 aliphatic heterocycles. The van der Waals surface area contributed by atoms with E-state index in [1.807, 2.05) is 12.3 Å². The fraction of sp³-hybridized carbons (Fsp3) is 0.571. The van der Waals surface area contributed by atoms with Crippen molar-refractivity contribution in [3.63, 3.8) is 0 Å². The quantitative estimate of drug-likeness (QED) is 0.854. The molecule has 20 heavy (non-hydrogen) atoms. The van der Waals surface area contributed by atoms with Crippen LogP contribution in [0.3, 0.4) is 0 Å². The molecule has 0 aliphatic carbocycles. The van der Waals surface area contributed by atoms with Crippen LogP contribution in [0.4, 0.5) is 0 Å². The van der Waals surface area contributed by atoms with Crippen molar-refractivity contribution in [2.45, 2.75) is 19.5 Å². The molecule has 3 heterocycles. The van der Waals surface area contributed by atoms with E-state index < -0.39 is 0 Å². The smallest absolute Gasteiger partial charge is 0.179 e. The van der Waals surface area contributed by atoms with E-state index in [0.717, 1.165) is 42.1 Å². The number of nitrogens with one attached hydrogen (secondary N) is 1. The van der Waals surface area contributed by atoms with Crippen LogP contribution in [-0.2, 0) is 6.54 Å². The Morgan fingerprint density at radius 1 is 1.40 bits per heavy atom. The molecule has 108 valence electrons. The number of pyridine rings is 1. The summed E-state index contributed by atoms with van der Waals surface area (Å²) in [5, 5.41) is 0. The normalized spacial score (nSPS) is 21.6. The molecule has 2 aromatic rings. The highest BCUT2D eigenvalue weighted by atomic mass is 32.1. The third-order valence-corrected chi connectivity index (χ3v) is 4.57. The van der Waals surface area contributed by atoms with Crippen LogP contribution in [0.5, 0.6) is 0 Å². The van der Waals surface area contributed by atoms with E-state index in [2.05, 4.69) is 45.4 Å². The number of fused-ring (bicyclic) bond motifs is 1. The first-order chi connectivity index (χ1) is 9.56. The summed E-state index contributed by atoms with van der Waals surface area (Å²) < 4.78 is 2.90. The van der Waals surface area contributed by atoms with Crippen molar-refractivity contribution in [2.75, 3.05) is 33.7 Å². The molecule has 5 nitrogen and oxygen atoms in total. The van der Waals surface area contributed by atoms with Crippen molar-refractivity contribution in [1.82, 2.24) is 24.3 Å². The second-order valence-electron chi connectivity index (χ2n) is 5.76. The Kier molecular flexibility index (Phi) is 3.62. The first-order valence-corrected chi connectivity index (χ1v) is 7.40. The van der Waals surface area contributed by atoms with E-state index >= 15 is 0 Å². The summed E-state index contributed by atoms with van der Waals surface area (Å²) in [6.45, 7) is 6.26. The molecule has 1 saturated heterocycles. The molecule has 0 amide bonds. The molecule has 6 heteroatoms. The first kappa shape index (κ1) is 13.7. The lowest BCUT2D eigenvalue weighted by Gasteiger charge is -2.37. The summed E-state index contributed by atoms with van der Waals surface area (Å²) in [7, 11) is 4.37. The second-order valence-corrected chi connectivity index (χ2v) is 6.15. The molecule has 1 unspecified atom stereocenters. The van der Waals surface area contributed by atoms with Crippen molar-refractivity contribution < 1.29 is 0 Å². The molecule has 2 aromatic heterocycles. The van der Waals surface area contributed by atoms with Gasteiger partial charge in [-0.25, -0.2) is 4.98 Å². The van der Waals surface area contributed by atoms with Gasteiger partial charge in [0.05, 0.1) is 5.52 Å². The molecule has 1 fully saturated rings. The van der Waals surface area contributed by atoms with Crippen LogP contribution in [-0.4, -0.2) is 64.1 Å². The van der Waals surface area contributed by atoms with Crippen molar-refractivity contribution in [3.05, 3.63) is 22.6 Å². The highest BCUT2D eigenvalue weighted by molar-refractivity contribution is 7.71. The average Bonchev–Trinajstić information content (AvgIpc) is 2.73. The Labute approximate surface area is 124 Å². The predicted octanol–water partition coefficient (Wildman–Crippen LogP) is 1.65. The van der Waals surface area contributed by atoms with Crippen LogP contribution < -0.4 is 0 Å². The monoisotopic (exact) mass is 291 g/mol. The number of nitrogens with zero attached hydrogens (tertiary/aromatic N) is 4. The largest absolute Gasteiger partial charge is 0.329 e. The number of piperazine rings is 1. The maximum Gasteiger partial charge on any atom is 0.179 e. The summed E-state index contributed by atoms with van der Waals surface area (Å²) in [5.74, 6) is 0. The summed E-state index contributed by atoms with van der Waals surface area (Å²) in [4.78, 5) is 12.6. The van der Waals surface area contributed by atoms with Gasteiger partial charge < -0.3 is 9.88 Å². The lowest BCUT2D eigenvalue weighted by Crippen LogP contribution is -2.51. The van der Waals surface area contributed by atoms with Gasteiger partial charge in [0.1, 0.15) is 0 Å². The standard InChI is InChI=1S/C14H21N5S/c1-10-4-5-15-13-12(10)16-14(20)19(13)9-11-8-17(2)6-7-18(11)3/h4-5,11H,6-9H2,1-3H3,(H,16,20). The number of aromatic amines is 1. The number of imidazole rings is 1. The van der Waals surface area contributed by atoms with Crippen LogP contribution in [0.2, 0.25) is 0 Å². The SMILES string of the molecule is Cc1ccnc2c1[nH]c(=S)n2CC1CN(C)CCN1C. The molecule has 0 bridgehead atoms. The van der Waals surface area contributed by atoms with Gasteiger partial charge in [-0.05, 0) is 44.9 Å². The predicted molar refractivity (Wildman–Crippen MR) is 83.6 cm³/mol. The van der Waals surface area contributed by atoms with Gasteiger partial charge in [0.2, 0.25) is 0 Å². The second kappa shape index (κ2) is 5.27. The molecule has 1 N–H and O–H groups in total. The molecular formula is C14H21N5S. The van der Waals surface area contributed by atoms with Gasteiger partial charge in [0, 0.05) is 38.4 Å². The minimum atomic E-state index is 0.474. The van der Waals surface area contributed by atoms with Crippen LogP contribution in [0.25, 0.3) is 11.2 Å². The summed E-state index contributed by atoms with van der Waals surface area (Å²) in [5.41, 5.74) is 3.22. The Morgan fingerprint density at radius 2 is 2.20 bits per heavy atom. The average molecular weight is 291 g/mol. The zero-order valence-electron chi connectivity index (χ0n) is 12.3. The van der Waals surface area contributed by atoms with Gasteiger partial charge in [-0.3, -0.25) is 9.47 Å². The van der Waals surface area contributed by atoms with E-state index in [1.54, 1.807) is 0 Å². The Hall–Kier alpha value is -1.24. The zero-order valence-corrected chi connectivity index (χ0v) is 13.1. The van der Waals surface area contributed by atoms with E-state index in [1.165, 1.54) is 5.56 Å². The highest BCUT2D eigenvalue weighted by Gasteiger charge is 2.23. The lowest BCUT2D eigenvalue weighted by molar-refractivity contribution is 0.103. The van der Waals surface area contributed by atoms with Gasteiger partial charge in [0.25, 0.3) is 0 Å².